The summed E-state index contributed by atoms with van der Waals surface area (Å²) >= 11 is 0. The van der Waals surface area contributed by atoms with Crippen LogP contribution in [0.5, 0.6) is 0 Å². The minimum absolute atomic E-state index is 0.212. The first-order valence-electron chi connectivity index (χ1n) is 3.19. The maximum absolute atomic E-state index is 12.5. The van der Waals surface area contributed by atoms with Crippen LogP contribution in [0.1, 0.15) is 5.56 Å². The number of nitrogens with two attached hydrogens (primary N) is 1. The van der Waals surface area contributed by atoms with Gasteiger partial charge in [-0.05, 0) is 18.2 Å². The highest BCUT2D eigenvalue weighted by Crippen LogP contribution is 2.19. The summed E-state index contributed by atoms with van der Waals surface area (Å²) in [5, 5.41) is 8.47. The van der Waals surface area contributed by atoms with Gasteiger partial charge in [-0.15, -0.1) is 3.89 Å². The SMILES string of the molecule is N#Cc1cc(N)ccc1S(=O)(=O)F. The summed E-state index contributed by atoms with van der Waals surface area (Å²) < 4.78 is 33.4. The molecule has 0 saturated heterocycles. The minimum atomic E-state index is -4.84. The van der Waals surface area contributed by atoms with E-state index in [2.05, 4.69) is 0 Å². The minimum Gasteiger partial charge on any atom is -0.399 e. The third-order valence-corrected chi connectivity index (χ3v) is 2.27. The lowest BCUT2D eigenvalue weighted by Gasteiger charge is -1.98. The number of nitriles is 1. The lowest BCUT2D eigenvalue weighted by molar-refractivity contribution is 0.552. The maximum Gasteiger partial charge on any atom is 0.333 e. The van der Waals surface area contributed by atoms with E-state index >= 15 is 0 Å². The zero-order chi connectivity index (χ0) is 10.1. The molecule has 0 bridgehead atoms. The Kier molecular flexibility index (Phi) is 2.21. The highest BCUT2D eigenvalue weighted by Gasteiger charge is 2.16. The van der Waals surface area contributed by atoms with Crippen molar-refractivity contribution in [3.05, 3.63) is 23.8 Å². The Labute approximate surface area is 74.6 Å². The van der Waals surface area contributed by atoms with E-state index in [0.29, 0.717) is 0 Å². The van der Waals surface area contributed by atoms with Crippen LogP contribution in [-0.4, -0.2) is 8.42 Å². The largest absolute Gasteiger partial charge is 0.399 e. The molecule has 0 aliphatic rings. The van der Waals surface area contributed by atoms with E-state index in [-0.39, 0.29) is 11.3 Å². The summed E-state index contributed by atoms with van der Waals surface area (Å²) in [6.07, 6.45) is 0. The van der Waals surface area contributed by atoms with Gasteiger partial charge in [-0.3, -0.25) is 0 Å². The van der Waals surface area contributed by atoms with E-state index in [0.717, 1.165) is 12.1 Å². The highest BCUT2D eigenvalue weighted by atomic mass is 32.3. The molecule has 0 atom stereocenters. The van der Waals surface area contributed by atoms with E-state index in [1.54, 1.807) is 6.07 Å². The molecule has 6 heteroatoms. The molecular weight excluding hydrogens is 195 g/mol. The van der Waals surface area contributed by atoms with Crippen LogP contribution in [0.2, 0.25) is 0 Å². The Balaban J connectivity index is 3.50. The standard InChI is InChI=1S/C7H5FN2O2S/c8-13(11,12)7-2-1-6(10)3-5(7)4-9/h1-3H,10H2. The van der Waals surface area contributed by atoms with Crippen LogP contribution in [0.3, 0.4) is 0 Å². The van der Waals surface area contributed by atoms with Crippen molar-refractivity contribution < 1.29 is 12.3 Å². The van der Waals surface area contributed by atoms with Gasteiger partial charge in [0.05, 0.1) is 5.56 Å². The van der Waals surface area contributed by atoms with Gasteiger partial charge in [0, 0.05) is 5.69 Å². The number of halogens is 1. The fraction of sp³-hybridized carbons (Fsp3) is 0. The van der Waals surface area contributed by atoms with E-state index < -0.39 is 15.1 Å². The molecule has 0 aliphatic heterocycles. The molecule has 0 radical (unpaired) electrons. The smallest absolute Gasteiger partial charge is 0.333 e. The molecule has 13 heavy (non-hydrogen) atoms. The predicted molar refractivity (Wildman–Crippen MR) is 43.9 cm³/mol. The number of hydrogen-bond donors (Lipinski definition) is 1. The van der Waals surface area contributed by atoms with Crippen LogP contribution in [0.15, 0.2) is 23.1 Å². The average Bonchev–Trinajstić information content (AvgIpc) is 2.01. The fourth-order valence-corrected chi connectivity index (χ4v) is 1.45. The van der Waals surface area contributed by atoms with Crippen LogP contribution in [0, 0.1) is 11.3 Å². The molecule has 1 aromatic carbocycles. The maximum atomic E-state index is 12.5. The van der Waals surface area contributed by atoms with Crippen molar-refractivity contribution in [2.75, 3.05) is 5.73 Å². The van der Waals surface area contributed by atoms with Crippen LogP contribution >= 0.6 is 0 Å². The Hall–Kier alpha value is -1.61. The molecule has 1 rings (SSSR count). The van der Waals surface area contributed by atoms with Crippen LogP contribution < -0.4 is 5.73 Å². The van der Waals surface area contributed by atoms with Crippen molar-refractivity contribution in [2.24, 2.45) is 0 Å². The molecule has 0 amide bonds. The Morgan fingerprint density at radius 1 is 1.46 bits per heavy atom. The zero-order valence-electron chi connectivity index (χ0n) is 6.36. The van der Waals surface area contributed by atoms with E-state index in [1.165, 1.54) is 6.07 Å². The molecule has 2 N–H and O–H groups in total. The summed E-state index contributed by atoms with van der Waals surface area (Å²) in [5.41, 5.74) is 5.20. The second-order valence-corrected chi connectivity index (χ2v) is 3.62. The predicted octanol–water partition coefficient (Wildman–Crippen LogP) is 0.799. The number of rotatable bonds is 1. The molecule has 68 valence electrons. The second-order valence-electron chi connectivity index (χ2n) is 2.31. The first-order valence-corrected chi connectivity index (χ1v) is 4.58. The van der Waals surface area contributed by atoms with Crippen molar-refractivity contribution in [1.29, 1.82) is 5.26 Å². The van der Waals surface area contributed by atoms with Gasteiger partial charge in [-0.2, -0.15) is 13.7 Å². The first kappa shape index (κ1) is 9.48. The van der Waals surface area contributed by atoms with Gasteiger partial charge >= 0.3 is 10.2 Å². The normalized spacial score (nSPS) is 10.8. The summed E-state index contributed by atoms with van der Waals surface area (Å²) in [4.78, 5) is -0.649. The lowest BCUT2D eigenvalue weighted by Crippen LogP contribution is -1.97. The van der Waals surface area contributed by atoms with Crippen molar-refractivity contribution in [3.63, 3.8) is 0 Å². The summed E-state index contributed by atoms with van der Waals surface area (Å²) in [5.74, 6) is 0. The summed E-state index contributed by atoms with van der Waals surface area (Å²) in [7, 11) is -4.84. The van der Waals surface area contributed by atoms with Crippen molar-refractivity contribution in [2.45, 2.75) is 4.90 Å². The first-order chi connectivity index (χ1) is 5.95. The van der Waals surface area contributed by atoms with Gasteiger partial charge < -0.3 is 5.73 Å². The van der Waals surface area contributed by atoms with Gasteiger partial charge in [-0.1, -0.05) is 0 Å². The quantitative estimate of drug-likeness (QED) is 0.536. The molecule has 0 spiro atoms. The van der Waals surface area contributed by atoms with Gasteiger partial charge in [0.2, 0.25) is 0 Å². The number of anilines is 1. The lowest BCUT2D eigenvalue weighted by atomic mass is 10.2. The average molecular weight is 200 g/mol. The fourth-order valence-electron chi connectivity index (χ4n) is 0.848. The van der Waals surface area contributed by atoms with Gasteiger partial charge in [-0.25, -0.2) is 0 Å². The third-order valence-electron chi connectivity index (χ3n) is 1.39. The van der Waals surface area contributed by atoms with Crippen molar-refractivity contribution >= 4 is 15.9 Å². The highest BCUT2D eigenvalue weighted by molar-refractivity contribution is 7.86. The second kappa shape index (κ2) is 3.03. The van der Waals surface area contributed by atoms with Crippen molar-refractivity contribution in [1.82, 2.24) is 0 Å². The number of hydrogen-bond acceptors (Lipinski definition) is 4. The Bertz CT molecular complexity index is 476. The molecular formula is C7H5FN2O2S. The van der Waals surface area contributed by atoms with E-state index in [4.69, 9.17) is 11.0 Å². The molecule has 1 aromatic rings. The third kappa shape index (κ3) is 1.95. The topological polar surface area (TPSA) is 83.9 Å². The van der Waals surface area contributed by atoms with E-state index in [9.17, 15) is 12.3 Å². The Morgan fingerprint density at radius 3 is 2.54 bits per heavy atom. The summed E-state index contributed by atoms with van der Waals surface area (Å²) in [6, 6.07) is 4.82. The number of nitrogen functional groups attached to an aromatic ring is 1. The van der Waals surface area contributed by atoms with Crippen LogP contribution in [0.4, 0.5) is 9.57 Å². The zero-order valence-corrected chi connectivity index (χ0v) is 7.18. The molecule has 0 aromatic heterocycles. The molecule has 0 saturated carbocycles. The van der Waals surface area contributed by atoms with Crippen LogP contribution in [-0.2, 0) is 10.2 Å². The molecule has 0 aliphatic carbocycles. The van der Waals surface area contributed by atoms with Gasteiger partial charge in [0.1, 0.15) is 11.0 Å². The number of benzene rings is 1. The van der Waals surface area contributed by atoms with Gasteiger partial charge in [0.15, 0.2) is 0 Å². The van der Waals surface area contributed by atoms with Crippen molar-refractivity contribution in [3.8, 4) is 6.07 Å². The number of nitrogens with zero attached hydrogens (tertiary/aromatic N) is 1. The summed E-state index contributed by atoms with van der Waals surface area (Å²) in [6.45, 7) is 0. The molecule has 4 nitrogen and oxygen atoms in total. The van der Waals surface area contributed by atoms with Crippen LogP contribution in [0.25, 0.3) is 0 Å². The Morgan fingerprint density at radius 2 is 2.08 bits per heavy atom. The van der Waals surface area contributed by atoms with Gasteiger partial charge in [0.25, 0.3) is 0 Å². The molecule has 0 heterocycles. The molecule has 0 fully saturated rings. The molecule has 0 unspecified atom stereocenters. The monoisotopic (exact) mass is 200 g/mol. The van der Waals surface area contributed by atoms with E-state index in [1.807, 2.05) is 0 Å².